The Bertz CT molecular complexity index is 491. The molecule has 0 amide bonds. The number of rotatable bonds is 6. The average molecular weight is 258 g/mol. The maximum Gasteiger partial charge on any atom is 0.0922 e. The first-order valence-electron chi connectivity index (χ1n) is 6.52. The molecule has 1 aromatic heterocycles. The van der Waals surface area contributed by atoms with Crippen LogP contribution in [0.5, 0.6) is 0 Å². The van der Waals surface area contributed by atoms with Gasteiger partial charge >= 0.3 is 0 Å². The zero-order valence-corrected chi connectivity index (χ0v) is 11.9. The second-order valence-corrected chi connectivity index (χ2v) is 5.26. The van der Waals surface area contributed by atoms with E-state index in [1.165, 1.54) is 11.1 Å². The van der Waals surface area contributed by atoms with E-state index in [1.807, 2.05) is 6.20 Å². The zero-order chi connectivity index (χ0) is 13.7. The normalized spacial score (nSPS) is 11.4. The third-order valence-corrected chi connectivity index (χ3v) is 3.04. The lowest BCUT2D eigenvalue weighted by atomic mass is 10.1. The number of H-pyrrole nitrogens is 1. The summed E-state index contributed by atoms with van der Waals surface area (Å²) in [6, 6.07) is 8.64. The van der Waals surface area contributed by atoms with E-state index >= 15 is 0 Å². The maximum atomic E-state index is 4.05. The van der Waals surface area contributed by atoms with E-state index in [0.29, 0.717) is 0 Å². The Morgan fingerprint density at radius 1 is 1.00 bits per heavy atom. The van der Waals surface area contributed by atoms with Crippen molar-refractivity contribution in [3.05, 3.63) is 53.6 Å². The van der Waals surface area contributed by atoms with Crippen LogP contribution in [0.15, 0.2) is 36.8 Å². The summed E-state index contributed by atoms with van der Waals surface area (Å²) in [6.45, 7) is 2.81. The molecule has 0 aliphatic carbocycles. The molecule has 4 heteroatoms. The molecule has 4 nitrogen and oxygen atoms in total. The van der Waals surface area contributed by atoms with Gasteiger partial charge in [-0.25, -0.2) is 4.98 Å². The molecule has 0 spiro atoms. The second kappa shape index (κ2) is 6.50. The molecule has 0 aliphatic heterocycles. The Hall–Kier alpha value is -1.65. The van der Waals surface area contributed by atoms with Crippen LogP contribution in [0.3, 0.4) is 0 Å². The molecule has 1 aromatic carbocycles. The first kappa shape index (κ1) is 13.8. The lowest BCUT2D eigenvalue weighted by Crippen LogP contribution is -2.20. The molecule has 0 radical (unpaired) electrons. The molecule has 0 bridgehead atoms. The maximum absolute atomic E-state index is 4.05. The highest BCUT2D eigenvalue weighted by molar-refractivity contribution is 5.27. The van der Waals surface area contributed by atoms with Crippen LogP contribution in [0.4, 0.5) is 0 Å². The lowest BCUT2D eigenvalue weighted by Gasteiger charge is -2.19. The number of hydrogen-bond acceptors (Lipinski definition) is 3. The molecule has 19 heavy (non-hydrogen) atoms. The quantitative estimate of drug-likeness (QED) is 0.862. The van der Waals surface area contributed by atoms with Gasteiger partial charge in [0, 0.05) is 31.5 Å². The minimum Gasteiger partial charge on any atom is -0.347 e. The van der Waals surface area contributed by atoms with Gasteiger partial charge in [0.1, 0.15) is 0 Å². The third-order valence-electron chi connectivity index (χ3n) is 3.04. The van der Waals surface area contributed by atoms with E-state index in [0.717, 1.165) is 25.3 Å². The largest absolute Gasteiger partial charge is 0.347 e. The highest BCUT2D eigenvalue weighted by atomic mass is 15.1. The summed E-state index contributed by atoms with van der Waals surface area (Å²) in [4.78, 5) is 11.7. The van der Waals surface area contributed by atoms with Crippen molar-refractivity contribution in [1.29, 1.82) is 0 Å². The van der Waals surface area contributed by atoms with Crippen LogP contribution in [0, 0.1) is 0 Å². The highest BCUT2D eigenvalue weighted by Crippen LogP contribution is 2.13. The molecule has 0 saturated carbocycles. The fraction of sp³-hybridized carbons (Fsp3) is 0.400. The Kier molecular flexibility index (Phi) is 4.71. The van der Waals surface area contributed by atoms with Gasteiger partial charge in [-0.15, -0.1) is 0 Å². The molecule has 0 atom stereocenters. The van der Waals surface area contributed by atoms with Gasteiger partial charge in [0.15, 0.2) is 0 Å². The van der Waals surface area contributed by atoms with E-state index in [1.54, 1.807) is 6.33 Å². The van der Waals surface area contributed by atoms with Crippen molar-refractivity contribution in [3.63, 3.8) is 0 Å². The number of imidazole rings is 1. The number of nitrogens with one attached hydrogen (secondary N) is 1. The fourth-order valence-electron chi connectivity index (χ4n) is 2.22. The minimum atomic E-state index is 0.885. The smallest absolute Gasteiger partial charge is 0.0922 e. The summed E-state index contributed by atoms with van der Waals surface area (Å²) in [7, 11) is 6.34. The number of benzene rings is 1. The number of nitrogens with zero attached hydrogens (tertiary/aromatic N) is 3. The molecule has 0 unspecified atom stereocenters. The van der Waals surface area contributed by atoms with Crippen molar-refractivity contribution in [1.82, 2.24) is 19.8 Å². The minimum absolute atomic E-state index is 0.885. The van der Waals surface area contributed by atoms with Gasteiger partial charge in [0.2, 0.25) is 0 Å². The fourth-order valence-corrected chi connectivity index (χ4v) is 2.22. The molecule has 0 saturated heterocycles. The van der Waals surface area contributed by atoms with Crippen LogP contribution < -0.4 is 0 Å². The molecule has 1 N–H and O–H groups in total. The summed E-state index contributed by atoms with van der Waals surface area (Å²) >= 11 is 0. The summed E-state index contributed by atoms with van der Waals surface area (Å²) in [6.07, 6.45) is 3.60. The van der Waals surface area contributed by atoms with Crippen molar-refractivity contribution >= 4 is 0 Å². The van der Waals surface area contributed by atoms with Gasteiger partial charge in [-0.3, -0.25) is 4.90 Å². The lowest BCUT2D eigenvalue weighted by molar-refractivity contribution is 0.311. The van der Waals surface area contributed by atoms with Gasteiger partial charge in [0.25, 0.3) is 0 Å². The van der Waals surface area contributed by atoms with Crippen LogP contribution >= 0.6 is 0 Å². The van der Waals surface area contributed by atoms with Crippen molar-refractivity contribution in [2.45, 2.75) is 19.6 Å². The Morgan fingerprint density at radius 2 is 1.68 bits per heavy atom. The summed E-state index contributed by atoms with van der Waals surface area (Å²) in [5.74, 6) is 0. The Morgan fingerprint density at radius 3 is 2.26 bits per heavy atom. The van der Waals surface area contributed by atoms with Crippen LogP contribution in [0.2, 0.25) is 0 Å². The van der Waals surface area contributed by atoms with Crippen molar-refractivity contribution in [2.75, 3.05) is 21.1 Å². The van der Waals surface area contributed by atoms with E-state index in [2.05, 4.69) is 65.2 Å². The molecule has 2 rings (SSSR count). The SMILES string of the molecule is CN(C)Cc1ccccc1CN(C)Cc1cnc[nH]1. The molecule has 2 aromatic rings. The van der Waals surface area contributed by atoms with Crippen LogP contribution in [0.25, 0.3) is 0 Å². The van der Waals surface area contributed by atoms with Crippen LogP contribution in [-0.2, 0) is 19.6 Å². The Balaban J connectivity index is 2.01. The van der Waals surface area contributed by atoms with Gasteiger partial charge in [-0.2, -0.15) is 0 Å². The molecule has 102 valence electrons. The molecular weight excluding hydrogens is 236 g/mol. The number of hydrogen-bond donors (Lipinski definition) is 1. The number of aromatic nitrogens is 2. The zero-order valence-electron chi connectivity index (χ0n) is 11.9. The summed E-state index contributed by atoms with van der Waals surface area (Å²) < 4.78 is 0. The number of aromatic amines is 1. The Labute approximate surface area is 115 Å². The predicted molar refractivity (Wildman–Crippen MR) is 77.6 cm³/mol. The van der Waals surface area contributed by atoms with Crippen LogP contribution in [-0.4, -0.2) is 40.9 Å². The van der Waals surface area contributed by atoms with E-state index in [-0.39, 0.29) is 0 Å². The highest BCUT2D eigenvalue weighted by Gasteiger charge is 2.07. The van der Waals surface area contributed by atoms with Gasteiger partial charge in [-0.05, 0) is 32.3 Å². The standard InChI is InChI=1S/C15H22N4/c1-18(2)9-13-6-4-5-7-14(13)10-19(3)11-15-8-16-12-17-15/h4-8,12H,9-11H2,1-3H3,(H,16,17). The molecular formula is C15H22N4. The predicted octanol–water partition coefficient (Wildman–Crippen LogP) is 2.10. The second-order valence-electron chi connectivity index (χ2n) is 5.26. The topological polar surface area (TPSA) is 35.2 Å². The summed E-state index contributed by atoms with van der Waals surface area (Å²) in [5.41, 5.74) is 3.93. The molecule has 0 aliphatic rings. The first-order chi connectivity index (χ1) is 9.15. The van der Waals surface area contributed by atoms with E-state index in [9.17, 15) is 0 Å². The molecule has 0 fully saturated rings. The first-order valence-corrected chi connectivity index (χ1v) is 6.52. The monoisotopic (exact) mass is 258 g/mol. The van der Waals surface area contributed by atoms with Gasteiger partial charge in [-0.1, -0.05) is 24.3 Å². The van der Waals surface area contributed by atoms with Crippen molar-refractivity contribution < 1.29 is 0 Å². The van der Waals surface area contributed by atoms with E-state index in [4.69, 9.17) is 0 Å². The summed E-state index contributed by atoms with van der Waals surface area (Å²) in [5, 5.41) is 0. The van der Waals surface area contributed by atoms with Crippen molar-refractivity contribution in [2.24, 2.45) is 0 Å². The van der Waals surface area contributed by atoms with Gasteiger partial charge < -0.3 is 9.88 Å². The average Bonchev–Trinajstić information content (AvgIpc) is 2.83. The van der Waals surface area contributed by atoms with Crippen LogP contribution in [0.1, 0.15) is 16.8 Å². The molecule has 1 heterocycles. The van der Waals surface area contributed by atoms with Gasteiger partial charge in [0.05, 0.1) is 6.33 Å². The third kappa shape index (κ3) is 4.19. The van der Waals surface area contributed by atoms with E-state index < -0.39 is 0 Å². The van der Waals surface area contributed by atoms with Crippen molar-refractivity contribution in [3.8, 4) is 0 Å².